The summed E-state index contributed by atoms with van der Waals surface area (Å²) in [7, 11) is 1.51. The van der Waals surface area contributed by atoms with Crippen LogP contribution in [0.1, 0.15) is 24.2 Å². The number of methoxy groups -OCH3 is 1. The monoisotopic (exact) mass is 221 g/mol. The molecule has 0 spiro atoms. The third-order valence-corrected chi connectivity index (χ3v) is 2.19. The lowest BCUT2D eigenvalue weighted by Crippen LogP contribution is -2.37. The van der Waals surface area contributed by atoms with E-state index >= 15 is 0 Å². The summed E-state index contributed by atoms with van der Waals surface area (Å²) in [5, 5.41) is 2.55. The Kier molecular flexibility index (Phi) is 4.05. The molecule has 0 saturated carbocycles. The molecule has 4 heteroatoms. The fourth-order valence-electron chi connectivity index (χ4n) is 1.45. The molecule has 1 amide bonds. The molecule has 1 rings (SSSR count). The van der Waals surface area contributed by atoms with Gasteiger partial charge in [0.05, 0.1) is 18.7 Å². The van der Waals surface area contributed by atoms with Crippen molar-refractivity contribution in [3.8, 4) is 5.75 Å². The summed E-state index contributed by atoms with van der Waals surface area (Å²) in [6, 6.07) is 6.40. The van der Waals surface area contributed by atoms with Gasteiger partial charge in [-0.2, -0.15) is 0 Å². The average molecular weight is 221 g/mol. The van der Waals surface area contributed by atoms with Crippen LogP contribution in [-0.2, 0) is 4.79 Å². The molecule has 1 N–H and O–H groups in total. The molecule has 86 valence electrons. The van der Waals surface area contributed by atoms with E-state index in [2.05, 4.69) is 5.32 Å². The predicted molar refractivity (Wildman–Crippen MR) is 60.6 cm³/mol. The molecule has 0 aliphatic carbocycles. The third kappa shape index (κ3) is 2.82. The van der Waals surface area contributed by atoms with Gasteiger partial charge in [0.1, 0.15) is 5.75 Å². The second kappa shape index (κ2) is 5.30. The molecule has 0 aliphatic rings. The zero-order valence-electron chi connectivity index (χ0n) is 9.61. The molecule has 0 unspecified atom stereocenters. The summed E-state index contributed by atoms with van der Waals surface area (Å²) in [6.45, 7) is 3.03. The fourth-order valence-corrected chi connectivity index (χ4v) is 1.45. The molecular weight excluding hydrogens is 206 g/mol. The third-order valence-electron chi connectivity index (χ3n) is 2.19. The van der Waals surface area contributed by atoms with E-state index in [1.54, 1.807) is 31.2 Å². The number of nitrogens with one attached hydrogen (secondary N) is 1. The van der Waals surface area contributed by atoms with Crippen molar-refractivity contribution in [2.75, 3.05) is 7.11 Å². The van der Waals surface area contributed by atoms with Gasteiger partial charge < -0.3 is 10.1 Å². The summed E-state index contributed by atoms with van der Waals surface area (Å²) in [4.78, 5) is 22.8. The highest BCUT2D eigenvalue weighted by molar-refractivity contribution is 6.03. The van der Waals surface area contributed by atoms with Gasteiger partial charge in [-0.25, -0.2) is 0 Å². The lowest BCUT2D eigenvalue weighted by Gasteiger charge is -2.13. The number of ether oxygens (including phenoxy) is 1. The van der Waals surface area contributed by atoms with Crippen molar-refractivity contribution in [2.24, 2.45) is 0 Å². The first-order valence-corrected chi connectivity index (χ1v) is 5.00. The molecule has 1 atom stereocenters. The molecule has 16 heavy (non-hydrogen) atoms. The maximum Gasteiger partial charge on any atom is 0.217 e. The Morgan fingerprint density at radius 2 is 1.94 bits per heavy atom. The Morgan fingerprint density at radius 1 is 1.31 bits per heavy atom. The molecule has 1 aromatic rings. The molecule has 0 bridgehead atoms. The SMILES string of the molecule is COc1ccccc1C(=O)[C@H](C)NC(C)=O. The summed E-state index contributed by atoms with van der Waals surface area (Å²) < 4.78 is 5.09. The topological polar surface area (TPSA) is 55.4 Å². The summed E-state index contributed by atoms with van der Waals surface area (Å²) >= 11 is 0. The maximum absolute atomic E-state index is 12.0. The molecule has 4 nitrogen and oxygen atoms in total. The van der Waals surface area contributed by atoms with E-state index in [1.165, 1.54) is 14.0 Å². The standard InChI is InChI=1S/C12H15NO3/c1-8(13-9(2)14)12(15)10-6-4-5-7-11(10)16-3/h4-8H,1-3H3,(H,13,14)/t8-/m0/s1. The van der Waals surface area contributed by atoms with E-state index < -0.39 is 6.04 Å². The first-order valence-electron chi connectivity index (χ1n) is 5.00. The van der Waals surface area contributed by atoms with Crippen molar-refractivity contribution in [2.45, 2.75) is 19.9 Å². The van der Waals surface area contributed by atoms with E-state index in [0.29, 0.717) is 11.3 Å². The number of hydrogen-bond acceptors (Lipinski definition) is 3. The molecular formula is C12H15NO3. The van der Waals surface area contributed by atoms with E-state index in [0.717, 1.165) is 0 Å². The van der Waals surface area contributed by atoms with Crippen molar-refractivity contribution in [1.82, 2.24) is 5.32 Å². The number of hydrogen-bond donors (Lipinski definition) is 1. The van der Waals surface area contributed by atoms with Crippen molar-refractivity contribution in [3.05, 3.63) is 29.8 Å². The minimum Gasteiger partial charge on any atom is -0.496 e. The Balaban J connectivity index is 2.91. The normalized spacial score (nSPS) is 11.7. The Morgan fingerprint density at radius 3 is 2.50 bits per heavy atom. The Labute approximate surface area is 94.6 Å². The minimum absolute atomic E-state index is 0.160. The molecule has 0 heterocycles. The van der Waals surface area contributed by atoms with Crippen LogP contribution in [0, 0.1) is 0 Å². The van der Waals surface area contributed by atoms with Gasteiger partial charge in [-0.15, -0.1) is 0 Å². The first kappa shape index (κ1) is 12.2. The lowest BCUT2D eigenvalue weighted by molar-refractivity contribution is -0.119. The lowest BCUT2D eigenvalue weighted by atomic mass is 10.0. The minimum atomic E-state index is -0.547. The second-order valence-corrected chi connectivity index (χ2v) is 3.49. The highest BCUT2D eigenvalue weighted by Gasteiger charge is 2.18. The predicted octanol–water partition coefficient (Wildman–Crippen LogP) is 1.40. The number of para-hydroxylation sites is 1. The maximum atomic E-state index is 12.0. The zero-order chi connectivity index (χ0) is 12.1. The number of amides is 1. The van der Waals surface area contributed by atoms with Gasteiger partial charge in [0, 0.05) is 6.92 Å². The van der Waals surface area contributed by atoms with Gasteiger partial charge in [0.25, 0.3) is 0 Å². The van der Waals surface area contributed by atoms with Crippen LogP contribution >= 0.6 is 0 Å². The van der Waals surface area contributed by atoms with Crippen LogP contribution < -0.4 is 10.1 Å². The largest absolute Gasteiger partial charge is 0.496 e. The summed E-state index contributed by atoms with van der Waals surface area (Å²) in [5.41, 5.74) is 0.478. The van der Waals surface area contributed by atoms with E-state index in [4.69, 9.17) is 4.74 Å². The van der Waals surface area contributed by atoms with Crippen molar-refractivity contribution >= 4 is 11.7 Å². The number of Topliss-reactive ketones (excluding diaryl/α,β-unsaturated/α-hetero) is 1. The van der Waals surface area contributed by atoms with Crippen molar-refractivity contribution in [3.63, 3.8) is 0 Å². The zero-order valence-corrected chi connectivity index (χ0v) is 9.61. The highest BCUT2D eigenvalue weighted by Crippen LogP contribution is 2.18. The molecule has 0 saturated heterocycles. The quantitative estimate of drug-likeness (QED) is 0.782. The molecule has 0 aliphatic heterocycles. The van der Waals surface area contributed by atoms with Gasteiger partial charge in [0.15, 0.2) is 5.78 Å². The van der Waals surface area contributed by atoms with Gasteiger partial charge in [-0.3, -0.25) is 9.59 Å². The number of carbonyl (C=O) groups is 2. The van der Waals surface area contributed by atoms with E-state index in [-0.39, 0.29) is 11.7 Å². The number of benzene rings is 1. The highest BCUT2D eigenvalue weighted by atomic mass is 16.5. The molecule has 0 aromatic heterocycles. The van der Waals surface area contributed by atoms with Crippen LogP contribution in [0.5, 0.6) is 5.75 Å². The second-order valence-electron chi connectivity index (χ2n) is 3.49. The van der Waals surface area contributed by atoms with Crippen LogP contribution in [0.3, 0.4) is 0 Å². The van der Waals surface area contributed by atoms with Crippen LogP contribution in [0.4, 0.5) is 0 Å². The van der Waals surface area contributed by atoms with Gasteiger partial charge >= 0.3 is 0 Å². The van der Waals surface area contributed by atoms with Gasteiger partial charge in [0.2, 0.25) is 5.91 Å². The summed E-state index contributed by atoms with van der Waals surface area (Å²) in [5.74, 6) is 0.133. The van der Waals surface area contributed by atoms with Crippen LogP contribution in [0.15, 0.2) is 24.3 Å². The van der Waals surface area contributed by atoms with Crippen LogP contribution in [0.25, 0.3) is 0 Å². The first-order chi connectivity index (χ1) is 7.56. The van der Waals surface area contributed by atoms with Gasteiger partial charge in [-0.05, 0) is 19.1 Å². The van der Waals surface area contributed by atoms with Crippen LogP contribution in [-0.4, -0.2) is 24.8 Å². The number of carbonyl (C=O) groups excluding carboxylic acids is 2. The summed E-state index contributed by atoms with van der Waals surface area (Å²) in [6.07, 6.45) is 0. The van der Waals surface area contributed by atoms with Crippen LogP contribution in [0.2, 0.25) is 0 Å². The molecule has 0 radical (unpaired) electrons. The molecule has 0 fully saturated rings. The van der Waals surface area contributed by atoms with Crippen molar-refractivity contribution < 1.29 is 14.3 Å². The van der Waals surface area contributed by atoms with Crippen molar-refractivity contribution in [1.29, 1.82) is 0 Å². The van der Waals surface area contributed by atoms with E-state index in [9.17, 15) is 9.59 Å². The Bertz CT molecular complexity index is 401. The smallest absolute Gasteiger partial charge is 0.217 e. The average Bonchev–Trinajstić information content (AvgIpc) is 2.27. The van der Waals surface area contributed by atoms with E-state index in [1.807, 2.05) is 0 Å². The number of ketones is 1. The fraction of sp³-hybridized carbons (Fsp3) is 0.333. The van der Waals surface area contributed by atoms with Gasteiger partial charge in [-0.1, -0.05) is 12.1 Å². The molecule has 1 aromatic carbocycles. The Hall–Kier alpha value is -1.84. The number of rotatable bonds is 4.